The number of rotatable bonds is 5. The molecule has 0 radical (unpaired) electrons. The topological polar surface area (TPSA) is 55.1 Å². The first-order valence-electron chi connectivity index (χ1n) is 10.2. The average molecular weight is 369 g/mol. The molecular weight excluding hydrogens is 340 g/mol. The van der Waals surface area contributed by atoms with Crippen LogP contribution in [0.2, 0.25) is 0 Å². The number of carbonyl (C=O) groups is 1. The highest BCUT2D eigenvalue weighted by Gasteiger charge is 2.50. The molecule has 1 aromatic heterocycles. The van der Waals surface area contributed by atoms with Gasteiger partial charge in [-0.3, -0.25) is 4.79 Å². The van der Waals surface area contributed by atoms with Crippen molar-refractivity contribution in [1.82, 2.24) is 5.32 Å². The van der Waals surface area contributed by atoms with Crippen molar-refractivity contribution in [3.8, 4) is 0 Å². The summed E-state index contributed by atoms with van der Waals surface area (Å²) >= 11 is 1.68. The van der Waals surface area contributed by atoms with E-state index < -0.39 is 0 Å². The molecule has 1 heterocycles. The maximum absolute atomic E-state index is 13.1. The summed E-state index contributed by atoms with van der Waals surface area (Å²) in [5.74, 6) is 1.35. The molecule has 3 fully saturated rings. The number of hydrogen-bond donors (Lipinski definition) is 2. The molecule has 3 saturated carbocycles. The Labute approximate surface area is 159 Å². The van der Waals surface area contributed by atoms with Crippen LogP contribution in [-0.4, -0.2) is 17.5 Å². The molecular formula is C22H28N2OS. The molecule has 0 unspecified atom stereocenters. The molecule has 0 bridgehead atoms. The van der Waals surface area contributed by atoms with Gasteiger partial charge < -0.3 is 11.1 Å². The molecule has 1 amide bonds. The fourth-order valence-electron chi connectivity index (χ4n) is 4.90. The molecule has 0 aliphatic heterocycles. The van der Waals surface area contributed by atoms with Gasteiger partial charge in [-0.1, -0.05) is 25.0 Å². The summed E-state index contributed by atoms with van der Waals surface area (Å²) in [4.78, 5) is 13.9. The molecule has 3 aliphatic carbocycles. The predicted octanol–water partition coefficient (Wildman–Crippen LogP) is 4.87. The van der Waals surface area contributed by atoms with Crippen molar-refractivity contribution in [1.29, 1.82) is 0 Å². The van der Waals surface area contributed by atoms with Crippen LogP contribution in [0.3, 0.4) is 0 Å². The predicted molar refractivity (Wildman–Crippen MR) is 108 cm³/mol. The van der Waals surface area contributed by atoms with Gasteiger partial charge in [-0.15, -0.1) is 11.3 Å². The highest BCUT2D eigenvalue weighted by molar-refractivity contribution is 7.21. The molecule has 3 N–H and O–H groups in total. The number of benzene rings is 1. The van der Waals surface area contributed by atoms with E-state index in [0.29, 0.717) is 11.8 Å². The van der Waals surface area contributed by atoms with E-state index in [9.17, 15) is 4.79 Å². The summed E-state index contributed by atoms with van der Waals surface area (Å²) in [6, 6.07) is 6.61. The lowest BCUT2D eigenvalue weighted by atomic mass is 9.90. The lowest BCUT2D eigenvalue weighted by molar-refractivity contribution is 0.0912. The minimum atomic E-state index is -0.156. The number of aryl methyl sites for hydroxylation is 1. The molecule has 3 nitrogen and oxygen atoms in total. The molecule has 26 heavy (non-hydrogen) atoms. The zero-order valence-electron chi connectivity index (χ0n) is 15.5. The van der Waals surface area contributed by atoms with E-state index in [1.807, 2.05) is 0 Å². The van der Waals surface area contributed by atoms with Gasteiger partial charge in [0.15, 0.2) is 0 Å². The van der Waals surface area contributed by atoms with Crippen LogP contribution in [0.15, 0.2) is 18.2 Å². The van der Waals surface area contributed by atoms with Gasteiger partial charge in [-0.05, 0) is 79.9 Å². The first kappa shape index (κ1) is 16.8. The second-order valence-corrected chi connectivity index (χ2v) is 9.88. The molecule has 1 atom stereocenters. The Morgan fingerprint density at radius 3 is 2.62 bits per heavy atom. The van der Waals surface area contributed by atoms with E-state index in [4.69, 9.17) is 5.73 Å². The normalized spacial score (nSPS) is 23.3. The van der Waals surface area contributed by atoms with Crippen LogP contribution in [0, 0.1) is 12.8 Å². The molecule has 0 saturated heterocycles. The Hall–Kier alpha value is -1.39. The number of nitrogens with two attached hydrogens (primary N) is 1. The third kappa shape index (κ3) is 2.87. The third-order valence-electron chi connectivity index (χ3n) is 6.76. The van der Waals surface area contributed by atoms with E-state index >= 15 is 0 Å². The van der Waals surface area contributed by atoms with Gasteiger partial charge in [0.05, 0.1) is 4.88 Å². The smallest absolute Gasteiger partial charge is 0.261 e. The van der Waals surface area contributed by atoms with Crippen molar-refractivity contribution in [2.24, 2.45) is 11.7 Å². The number of thiophene rings is 1. The van der Waals surface area contributed by atoms with Crippen LogP contribution in [0.5, 0.6) is 0 Å². The SMILES string of the molecule is Cc1ccc2cc(C(=O)N[C@H](C3CCCC3)C3(N)CC3)sc2c1C1CC1. The van der Waals surface area contributed by atoms with Crippen LogP contribution in [0.1, 0.15) is 78.1 Å². The Kier molecular flexibility index (Phi) is 3.91. The van der Waals surface area contributed by atoms with E-state index in [1.165, 1.54) is 59.7 Å². The zero-order chi connectivity index (χ0) is 17.9. The summed E-state index contributed by atoms with van der Waals surface area (Å²) in [7, 11) is 0. The van der Waals surface area contributed by atoms with Gasteiger partial charge in [0, 0.05) is 16.3 Å². The Balaban J connectivity index is 1.43. The summed E-state index contributed by atoms with van der Waals surface area (Å²) < 4.78 is 1.32. The van der Waals surface area contributed by atoms with Crippen LogP contribution < -0.4 is 11.1 Å². The third-order valence-corrected chi connectivity index (χ3v) is 7.94. The number of fused-ring (bicyclic) bond motifs is 1. The van der Waals surface area contributed by atoms with Crippen molar-refractivity contribution >= 4 is 27.3 Å². The number of amides is 1. The maximum Gasteiger partial charge on any atom is 0.261 e. The summed E-state index contributed by atoms with van der Waals surface area (Å²) in [5, 5.41) is 4.59. The van der Waals surface area contributed by atoms with Gasteiger partial charge >= 0.3 is 0 Å². The minimum absolute atomic E-state index is 0.0826. The lowest BCUT2D eigenvalue weighted by Crippen LogP contribution is -2.53. The molecule has 0 spiro atoms. The van der Waals surface area contributed by atoms with E-state index in [-0.39, 0.29) is 17.5 Å². The number of hydrogen-bond acceptors (Lipinski definition) is 3. The van der Waals surface area contributed by atoms with Crippen LogP contribution in [0.25, 0.3) is 10.1 Å². The van der Waals surface area contributed by atoms with Gasteiger partial charge in [-0.2, -0.15) is 0 Å². The Bertz CT molecular complexity index is 856. The van der Waals surface area contributed by atoms with Gasteiger partial charge in [0.1, 0.15) is 0 Å². The minimum Gasteiger partial charge on any atom is -0.346 e. The van der Waals surface area contributed by atoms with E-state index in [0.717, 1.165) is 17.7 Å². The molecule has 1 aromatic carbocycles. The first-order chi connectivity index (χ1) is 12.5. The van der Waals surface area contributed by atoms with Crippen molar-refractivity contribution < 1.29 is 4.79 Å². The van der Waals surface area contributed by atoms with E-state index in [1.54, 1.807) is 11.3 Å². The summed E-state index contributed by atoms with van der Waals surface area (Å²) in [6.45, 7) is 2.20. The number of carbonyl (C=O) groups excluding carboxylic acids is 1. The monoisotopic (exact) mass is 368 g/mol. The Morgan fingerprint density at radius 1 is 1.23 bits per heavy atom. The summed E-state index contributed by atoms with van der Waals surface area (Å²) in [5.41, 5.74) is 9.25. The first-order valence-corrected chi connectivity index (χ1v) is 11.0. The van der Waals surface area contributed by atoms with E-state index in [2.05, 4.69) is 30.4 Å². The van der Waals surface area contributed by atoms with Gasteiger partial charge in [0.25, 0.3) is 5.91 Å². The Morgan fingerprint density at radius 2 is 1.96 bits per heavy atom. The fourth-order valence-corrected chi connectivity index (χ4v) is 6.14. The van der Waals surface area contributed by atoms with Gasteiger partial charge in [0.2, 0.25) is 0 Å². The van der Waals surface area contributed by atoms with Crippen LogP contribution >= 0.6 is 11.3 Å². The quantitative estimate of drug-likeness (QED) is 0.791. The highest BCUT2D eigenvalue weighted by atomic mass is 32.1. The lowest BCUT2D eigenvalue weighted by Gasteiger charge is -2.30. The highest BCUT2D eigenvalue weighted by Crippen LogP contribution is 2.47. The second kappa shape index (κ2) is 6.07. The molecule has 4 heteroatoms. The maximum atomic E-state index is 13.1. The molecule has 3 aliphatic rings. The van der Waals surface area contributed by atoms with Gasteiger partial charge in [-0.25, -0.2) is 0 Å². The van der Waals surface area contributed by atoms with Crippen molar-refractivity contribution in [2.75, 3.05) is 0 Å². The van der Waals surface area contributed by atoms with Crippen molar-refractivity contribution in [2.45, 2.75) is 75.8 Å². The molecule has 2 aromatic rings. The largest absolute Gasteiger partial charge is 0.346 e. The zero-order valence-corrected chi connectivity index (χ0v) is 16.3. The molecule has 138 valence electrons. The van der Waals surface area contributed by atoms with Crippen LogP contribution in [-0.2, 0) is 0 Å². The second-order valence-electron chi connectivity index (χ2n) is 8.83. The standard InChI is InChI=1S/C22H28N2OS/c1-13-6-7-16-12-17(26-19(16)18(13)14-8-9-14)21(25)24-20(22(23)10-11-22)15-4-2-3-5-15/h6-7,12,14-15,20H,2-5,8-11,23H2,1H3,(H,24,25)/t20-/m1/s1. The molecule has 5 rings (SSSR count). The van der Waals surface area contributed by atoms with Crippen LogP contribution in [0.4, 0.5) is 0 Å². The van der Waals surface area contributed by atoms with Crippen molar-refractivity contribution in [3.05, 3.63) is 34.2 Å². The average Bonchev–Trinajstić information content (AvgIpc) is 3.48. The summed E-state index contributed by atoms with van der Waals surface area (Å²) in [6.07, 6.45) is 9.65. The fraction of sp³-hybridized carbons (Fsp3) is 0.591. The van der Waals surface area contributed by atoms with Crippen molar-refractivity contribution in [3.63, 3.8) is 0 Å². The number of nitrogens with one attached hydrogen (secondary N) is 1.